The van der Waals surface area contributed by atoms with Gasteiger partial charge in [-0.3, -0.25) is 0 Å². The summed E-state index contributed by atoms with van der Waals surface area (Å²) in [5.74, 6) is 0.174. The lowest BCUT2D eigenvalue weighted by Crippen LogP contribution is -2.32. The molecule has 0 saturated heterocycles. The van der Waals surface area contributed by atoms with Crippen LogP contribution in [-0.4, -0.2) is 30.9 Å². The number of hydrogen-bond donors (Lipinski definition) is 2. The van der Waals surface area contributed by atoms with E-state index in [9.17, 15) is 13.5 Å². The van der Waals surface area contributed by atoms with E-state index >= 15 is 0 Å². The molecule has 0 spiro atoms. The SMILES string of the molecule is CCN(CC)S(=O)(=O)c1ccc2c(c1)C1C=CCC1C(c1cc(Cl)cc(Cl)c1O)N2. The quantitative estimate of drug-likeness (QED) is 0.566. The van der Waals surface area contributed by atoms with Crippen LogP contribution in [0.4, 0.5) is 5.69 Å². The zero-order chi connectivity index (χ0) is 21.6. The Bertz CT molecular complexity index is 1110. The molecule has 0 saturated carbocycles. The molecule has 0 fully saturated rings. The molecular weight excluding hydrogens is 443 g/mol. The number of phenols is 1. The van der Waals surface area contributed by atoms with E-state index in [0.717, 1.165) is 17.7 Å². The van der Waals surface area contributed by atoms with Crippen LogP contribution < -0.4 is 5.32 Å². The van der Waals surface area contributed by atoms with Crippen LogP contribution >= 0.6 is 23.2 Å². The van der Waals surface area contributed by atoms with E-state index in [-0.39, 0.29) is 28.6 Å². The lowest BCUT2D eigenvalue weighted by molar-refractivity contribution is 0.402. The molecule has 2 aromatic rings. The molecule has 0 aromatic heterocycles. The Morgan fingerprint density at radius 1 is 1.13 bits per heavy atom. The number of halogens is 2. The molecule has 3 unspecified atom stereocenters. The lowest BCUT2D eigenvalue weighted by atomic mass is 9.77. The summed E-state index contributed by atoms with van der Waals surface area (Å²) in [5.41, 5.74) is 2.45. The van der Waals surface area contributed by atoms with E-state index in [0.29, 0.717) is 28.6 Å². The van der Waals surface area contributed by atoms with Crippen LogP contribution in [0.1, 0.15) is 43.4 Å². The third kappa shape index (κ3) is 3.50. The normalized spacial score (nSPS) is 22.6. The van der Waals surface area contributed by atoms with Crippen molar-refractivity contribution in [3.63, 3.8) is 0 Å². The number of nitrogens with one attached hydrogen (secondary N) is 1. The number of benzene rings is 2. The van der Waals surface area contributed by atoms with E-state index in [4.69, 9.17) is 23.2 Å². The molecule has 4 rings (SSSR count). The molecule has 8 heteroatoms. The summed E-state index contributed by atoms with van der Waals surface area (Å²) in [4.78, 5) is 0.304. The van der Waals surface area contributed by atoms with Gasteiger partial charge in [-0.25, -0.2) is 8.42 Å². The summed E-state index contributed by atoms with van der Waals surface area (Å²) >= 11 is 12.4. The van der Waals surface area contributed by atoms with Gasteiger partial charge in [0.2, 0.25) is 10.0 Å². The minimum atomic E-state index is -3.54. The zero-order valence-corrected chi connectivity index (χ0v) is 19.1. The van der Waals surface area contributed by atoms with Gasteiger partial charge in [0.05, 0.1) is 16.0 Å². The Balaban J connectivity index is 1.78. The maximum Gasteiger partial charge on any atom is 0.243 e. The summed E-state index contributed by atoms with van der Waals surface area (Å²) in [6, 6.07) is 8.29. The summed E-state index contributed by atoms with van der Waals surface area (Å²) in [5, 5.41) is 14.7. The van der Waals surface area contributed by atoms with Crippen molar-refractivity contribution in [3.8, 4) is 5.75 Å². The number of allylic oxidation sites excluding steroid dienone is 2. The monoisotopic (exact) mass is 466 g/mol. The molecule has 1 aliphatic heterocycles. The second kappa shape index (κ2) is 8.08. The Hall–Kier alpha value is -1.73. The van der Waals surface area contributed by atoms with Gasteiger partial charge in [0, 0.05) is 35.3 Å². The number of phenolic OH excluding ortho intramolecular Hbond substituents is 1. The fourth-order valence-electron chi connectivity index (χ4n) is 4.58. The minimum absolute atomic E-state index is 0.0217. The van der Waals surface area contributed by atoms with E-state index < -0.39 is 10.0 Å². The van der Waals surface area contributed by atoms with Crippen LogP contribution in [0.5, 0.6) is 5.75 Å². The maximum absolute atomic E-state index is 13.0. The fraction of sp³-hybridized carbons (Fsp3) is 0.364. The van der Waals surface area contributed by atoms with Crippen molar-refractivity contribution in [2.24, 2.45) is 5.92 Å². The van der Waals surface area contributed by atoms with Crippen molar-refractivity contribution in [1.82, 2.24) is 4.31 Å². The average molecular weight is 467 g/mol. The Labute approximate surface area is 187 Å². The summed E-state index contributed by atoms with van der Waals surface area (Å²) in [7, 11) is -3.54. The molecule has 30 heavy (non-hydrogen) atoms. The number of sulfonamides is 1. The smallest absolute Gasteiger partial charge is 0.243 e. The van der Waals surface area contributed by atoms with E-state index in [1.807, 2.05) is 19.9 Å². The summed E-state index contributed by atoms with van der Waals surface area (Å²) in [6.07, 6.45) is 5.03. The van der Waals surface area contributed by atoms with Crippen molar-refractivity contribution in [2.75, 3.05) is 18.4 Å². The second-order valence-corrected chi connectivity index (χ2v) is 10.4. The number of aromatic hydroxyl groups is 1. The Morgan fingerprint density at radius 3 is 2.57 bits per heavy atom. The molecule has 1 heterocycles. The highest BCUT2D eigenvalue weighted by atomic mass is 35.5. The third-order valence-corrected chi connectivity index (χ3v) is 8.62. The predicted octanol–water partition coefficient (Wildman–Crippen LogP) is 5.56. The van der Waals surface area contributed by atoms with Crippen molar-refractivity contribution >= 4 is 38.9 Å². The minimum Gasteiger partial charge on any atom is -0.506 e. The molecule has 0 amide bonds. The molecule has 160 valence electrons. The Kier molecular flexibility index (Phi) is 5.79. The first-order valence-electron chi connectivity index (χ1n) is 10.0. The van der Waals surface area contributed by atoms with Gasteiger partial charge in [-0.1, -0.05) is 49.2 Å². The number of fused-ring (bicyclic) bond motifs is 3. The highest BCUT2D eigenvalue weighted by molar-refractivity contribution is 7.89. The first kappa shape index (κ1) is 21.5. The molecular formula is C22H24Cl2N2O3S. The fourth-order valence-corrected chi connectivity index (χ4v) is 6.58. The van der Waals surface area contributed by atoms with Crippen molar-refractivity contribution < 1.29 is 13.5 Å². The van der Waals surface area contributed by atoms with Crippen LogP contribution in [0.3, 0.4) is 0 Å². The maximum atomic E-state index is 13.0. The van der Waals surface area contributed by atoms with Crippen LogP contribution in [0.25, 0.3) is 0 Å². The third-order valence-electron chi connectivity index (χ3n) is 6.07. The van der Waals surface area contributed by atoms with E-state index in [1.165, 1.54) is 10.4 Å². The number of anilines is 1. The van der Waals surface area contributed by atoms with E-state index in [1.54, 1.807) is 18.2 Å². The van der Waals surface area contributed by atoms with Crippen LogP contribution in [0.2, 0.25) is 10.0 Å². The molecule has 0 radical (unpaired) electrons. The van der Waals surface area contributed by atoms with Gasteiger partial charge in [0.1, 0.15) is 5.75 Å². The Morgan fingerprint density at radius 2 is 1.87 bits per heavy atom. The topological polar surface area (TPSA) is 69.6 Å². The van der Waals surface area contributed by atoms with Crippen molar-refractivity contribution in [2.45, 2.75) is 37.1 Å². The molecule has 2 aromatic carbocycles. The second-order valence-electron chi connectivity index (χ2n) is 7.64. The van der Waals surface area contributed by atoms with Gasteiger partial charge in [-0.2, -0.15) is 4.31 Å². The van der Waals surface area contributed by atoms with Gasteiger partial charge in [0.25, 0.3) is 0 Å². The molecule has 2 aliphatic rings. The summed E-state index contributed by atoms with van der Waals surface area (Å²) < 4.78 is 27.5. The van der Waals surface area contributed by atoms with Gasteiger partial charge in [-0.05, 0) is 48.2 Å². The zero-order valence-electron chi connectivity index (χ0n) is 16.8. The average Bonchev–Trinajstić information content (AvgIpc) is 3.20. The largest absolute Gasteiger partial charge is 0.506 e. The highest BCUT2D eigenvalue weighted by Crippen LogP contribution is 2.52. The highest BCUT2D eigenvalue weighted by Gasteiger charge is 2.40. The molecule has 1 aliphatic carbocycles. The van der Waals surface area contributed by atoms with Crippen LogP contribution in [0, 0.1) is 5.92 Å². The molecule has 5 nitrogen and oxygen atoms in total. The van der Waals surface area contributed by atoms with Gasteiger partial charge in [0.15, 0.2) is 0 Å². The first-order chi connectivity index (χ1) is 14.3. The standard InChI is InChI=1S/C22H24Cl2N2O3S/c1-3-26(4-2)30(28,29)14-8-9-20-17(12-14)15-6-5-7-16(15)21(25-20)18-10-13(23)11-19(24)22(18)27/h5-6,8-12,15-16,21,25,27H,3-4,7H2,1-2H3. The predicted molar refractivity (Wildman–Crippen MR) is 121 cm³/mol. The van der Waals surface area contributed by atoms with Crippen molar-refractivity contribution in [3.05, 3.63) is 63.7 Å². The number of hydrogen-bond acceptors (Lipinski definition) is 4. The number of nitrogens with zero attached hydrogens (tertiary/aromatic N) is 1. The molecule has 3 atom stereocenters. The molecule has 2 N–H and O–H groups in total. The molecule has 0 bridgehead atoms. The van der Waals surface area contributed by atoms with Gasteiger partial charge >= 0.3 is 0 Å². The van der Waals surface area contributed by atoms with Crippen molar-refractivity contribution in [1.29, 1.82) is 0 Å². The van der Waals surface area contributed by atoms with Gasteiger partial charge < -0.3 is 10.4 Å². The van der Waals surface area contributed by atoms with Gasteiger partial charge in [-0.15, -0.1) is 0 Å². The first-order valence-corrected chi connectivity index (χ1v) is 12.2. The summed E-state index contributed by atoms with van der Waals surface area (Å²) in [6.45, 7) is 4.53. The van der Waals surface area contributed by atoms with Crippen LogP contribution in [0.15, 0.2) is 47.4 Å². The van der Waals surface area contributed by atoms with E-state index in [2.05, 4.69) is 17.5 Å². The number of rotatable bonds is 5. The van der Waals surface area contributed by atoms with Crippen LogP contribution in [-0.2, 0) is 10.0 Å². The lowest BCUT2D eigenvalue weighted by Gasteiger charge is -2.38.